The van der Waals surface area contributed by atoms with Crippen molar-refractivity contribution in [3.05, 3.63) is 34.7 Å². The van der Waals surface area contributed by atoms with Crippen LogP contribution in [0.15, 0.2) is 24.3 Å². The summed E-state index contributed by atoms with van der Waals surface area (Å²) in [5.41, 5.74) is 5.79. The molecule has 0 aliphatic carbocycles. The zero-order valence-corrected chi connectivity index (χ0v) is 8.46. The van der Waals surface area contributed by atoms with Gasteiger partial charge >= 0.3 is 5.95 Å². The molecule has 0 atom stereocenters. The number of anilines is 1. The topological polar surface area (TPSA) is 105 Å². The minimum absolute atomic E-state index is 0.0425. The molecule has 1 heterocycles. The number of nitrogens with two attached hydrogens (primary N) is 1. The Bertz CT molecular complexity index is 516. The molecule has 2 aromatic rings. The number of hydrogen-bond donors (Lipinski definition) is 2. The second-order valence-electron chi connectivity index (χ2n) is 3.20. The van der Waals surface area contributed by atoms with E-state index >= 15 is 0 Å². The first-order valence-corrected chi connectivity index (χ1v) is 4.80. The van der Waals surface area contributed by atoms with Crippen LogP contribution in [0, 0.1) is 10.4 Å². The molecule has 0 bridgehead atoms. The van der Waals surface area contributed by atoms with Crippen LogP contribution >= 0.6 is 0 Å². The molecule has 1 aromatic heterocycles. The standard InChI is InChI=1S/C9H11N5O2/c10-5-6-11-9-12-14(16)8-4-2-1-3-7(8)13(9)15/h1-4H,5-6,10H2,(H,11,12). The molecule has 16 heavy (non-hydrogen) atoms. The summed E-state index contributed by atoms with van der Waals surface area (Å²) in [5, 5.41) is 29.6. The minimum Gasteiger partial charge on any atom is -0.739 e. The third-order valence-corrected chi connectivity index (χ3v) is 2.11. The second kappa shape index (κ2) is 4.15. The molecule has 0 aliphatic heterocycles. The van der Waals surface area contributed by atoms with Crippen LogP contribution in [0.4, 0.5) is 5.95 Å². The zero-order valence-electron chi connectivity index (χ0n) is 8.46. The Morgan fingerprint density at radius 1 is 1.25 bits per heavy atom. The molecule has 1 aromatic carbocycles. The summed E-state index contributed by atoms with van der Waals surface area (Å²) in [6.45, 7) is 0.737. The summed E-state index contributed by atoms with van der Waals surface area (Å²) in [6.07, 6.45) is 0. The first-order valence-electron chi connectivity index (χ1n) is 4.80. The van der Waals surface area contributed by atoms with Crippen molar-refractivity contribution in [2.45, 2.75) is 0 Å². The minimum atomic E-state index is -0.0425. The second-order valence-corrected chi connectivity index (χ2v) is 3.20. The van der Waals surface area contributed by atoms with Crippen molar-refractivity contribution in [3.63, 3.8) is 0 Å². The van der Waals surface area contributed by atoms with Crippen LogP contribution < -0.4 is 20.6 Å². The zero-order chi connectivity index (χ0) is 11.5. The maximum Gasteiger partial charge on any atom is 0.461 e. The summed E-state index contributed by atoms with van der Waals surface area (Å²) >= 11 is 0. The average Bonchev–Trinajstić information content (AvgIpc) is 2.32. The highest BCUT2D eigenvalue weighted by atomic mass is 16.5. The Hall–Kier alpha value is -2.15. The third-order valence-electron chi connectivity index (χ3n) is 2.11. The van der Waals surface area contributed by atoms with E-state index in [9.17, 15) is 10.4 Å². The number of fused-ring (bicyclic) bond motifs is 1. The number of aromatic nitrogens is 3. The highest BCUT2D eigenvalue weighted by molar-refractivity contribution is 5.67. The van der Waals surface area contributed by atoms with Crippen LogP contribution in [0.1, 0.15) is 0 Å². The first kappa shape index (κ1) is 10.4. The number of para-hydroxylation sites is 2. The van der Waals surface area contributed by atoms with Gasteiger partial charge in [-0.25, -0.2) is 4.73 Å². The van der Waals surface area contributed by atoms with Gasteiger partial charge in [-0.15, -0.1) is 0 Å². The van der Waals surface area contributed by atoms with Gasteiger partial charge < -0.3 is 16.1 Å². The van der Waals surface area contributed by atoms with Crippen molar-refractivity contribution < 1.29 is 9.58 Å². The fourth-order valence-electron chi connectivity index (χ4n) is 1.38. The molecular formula is C9H11N5O2. The van der Waals surface area contributed by atoms with E-state index in [1.807, 2.05) is 0 Å². The van der Waals surface area contributed by atoms with Gasteiger partial charge in [-0.3, -0.25) is 5.32 Å². The van der Waals surface area contributed by atoms with Gasteiger partial charge in [0.1, 0.15) is 0 Å². The van der Waals surface area contributed by atoms with Crippen LogP contribution in [0.2, 0.25) is 0 Å². The number of benzene rings is 1. The van der Waals surface area contributed by atoms with Crippen molar-refractivity contribution >= 4 is 17.0 Å². The number of nitrogens with one attached hydrogen (secondary N) is 1. The van der Waals surface area contributed by atoms with E-state index in [1.54, 1.807) is 18.2 Å². The van der Waals surface area contributed by atoms with Gasteiger partial charge in [0.25, 0.3) is 5.52 Å². The fourth-order valence-corrected chi connectivity index (χ4v) is 1.38. The van der Waals surface area contributed by atoms with E-state index in [1.165, 1.54) is 6.07 Å². The quantitative estimate of drug-likeness (QED) is 0.504. The highest BCUT2D eigenvalue weighted by Gasteiger charge is 2.18. The molecule has 0 fully saturated rings. The van der Waals surface area contributed by atoms with Gasteiger partial charge in [0.15, 0.2) is 5.52 Å². The Kier molecular flexibility index (Phi) is 2.69. The molecule has 3 N–H and O–H groups in total. The maximum atomic E-state index is 11.8. The van der Waals surface area contributed by atoms with Gasteiger partial charge in [0, 0.05) is 17.5 Å². The van der Waals surface area contributed by atoms with Gasteiger partial charge in [-0.05, 0) is 6.07 Å². The molecule has 7 nitrogen and oxygen atoms in total. The molecule has 0 saturated heterocycles. The third kappa shape index (κ3) is 1.68. The number of hydrogen-bond acceptors (Lipinski definition) is 5. The highest BCUT2D eigenvalue weighted by Crippen LogP contribution is 2.04. The Labute approximate surface area is 91.3 Å². The lowest BCUT2D eigenvalue weighted by Crippen LogP contribution is -2.44. The smallest absolute Gasteiger partial charge is 0.461 e. The molecular weight excluding hydrogens is 210 g/mol. The number of nitrogens with zero attached hydrogens (tertiary/aromatic N) is 3. The van der Waals surface area contributed by atoms with E-state index in [2.05, 4.69) is 10.4 Å². The van der Waals surface area contributed by atoms with Gasteiger partial charge in [-0.2, -0.15) is 0 Å². The Morgan fingerprint density at radius 3 is 2.62 bits per heavy atom. The van der Waals surface area contributed by atoms with Crippen LogP contribution in [0.25, 0.3) is 11.0 Å². The van der Waals surface area contributed by atoms with Gasteiger partial charge in [0.2, 0.25) is 5.10 Å². The van der Waals surface area contributed by atoms with Crippen LogP contribution in [0.3, 0.4) is 0 Å². The largest absolute Gasteiger partial charge is 0.739 e. The molecule has 0 amide bonds. The van der Waals surface area contributed by atoms with Crippen LogP contribution in [-0.4, -0.2) is 18.2 Å². The normalized spacial score (nSPS) is 10.6. The fraction of sp³-hybridized carbons (Fsp3) is 0.222. The van der Waals surface area contributed by atoms with Crippen molar-refractivity contribution in [3.8, 4) is 0 Å². The van der Waals surface area contributed by atoms with E-state index in [4.69, 9.17) is 5.73 Å². The molecule has 2 rings (SSSR count). The predicted molar refractivity (Wildman–Crippen MR) is 57.2 cm³/mol. The SMILES string of the molecule is NCCNc1n[n+]([O-])c2ccccc2[n+]1[O-]. The van der Waals surface area contributed by atoms with Crippen molar-refractivity contribution in [1.82, 2.24) is 5.10 Å². The monoisotopic (exact) mass is 221 g/mol. The first-order chi connectivity index (χ1) is 7.74. The molecule has 0 radical (unpaired) electrons. The van der Waals surface area contributed by atoms with Crippen LogP contribution in [0.5, 0.6) is 0 Å². The van der Waals surface area contributed by atoms with E-state index in [0.29, 0.717) is 22.7 Å². The maximum absolute atomic E-state index is 11.8. The van der Waals surface area contributed by atoms with Crippen molar-refractivity contribution in [2.24, 2.45) is 5.73 Å². The summed E-state index contributed by atoms with van der Waals surface area (Å²) in [5.74, 6) is -0.0425. The van der Waals surface area contributed by atoms with E-state index < -0.39 is 0 Å². The molecule has 84 valence electrons. The predicted octanol–water partition coefficient (Wildman–Crippen LogP) is -1.13. The summed E-state index contributed by atoms with van der Waals surface area (Å²) in [6, 6.07) is 6.46. The van der Waals surface area contributed by atoms with Crippen LogP contribution in [-0.2, 0) is 0 Å². The van der Waals surface area contributed by atoms with E-state index in [0.717, 1.165) is 0 Å². The molecule has 0 aliphatic rings. The lowest BCUT2D eigenvalue weighted by atomic mass is 10.3. The summed E-state index contributed by atoms with van der Waals surface area (Å²) in [7, 11) is 0. The molecule has 7 heteroatoms. The lowest BCUT2D eigenvalue weighted by Gasteiger charge is -2.09. The Balaban J connectivity index is 2.56. The number of rotatable bonds is 3. The molecule has 0 spiro atoms. The van der Waals surface area contributed by atoms with Gasteiger partial charge in [-0.1, -0.05) is 12.1 Å². The lowest BCUT2D eigenvalue weighted by molar-refractivity contribution is -0.672. The van der Waals surface area contributed by atoms with Crippen molar-refractivity contribution in [1.29, 1.82) is 0 Å². The average molecular weight is 221 g/mol. The summed E-state index contributed by atoms with van der Waals surface area (Å²) in [4.78, 5) is 0.419. The Morgan fingerprint density at radius 2 is 1.94 bits per heavy atom. The van der Waals surface area contributed by atoms with Gasteiger partial charge in [0.05, 0.1) is 6.54 Å². The van der Waals surface area contributed by atoms with E-state index in [-0.39, 0.29) is 17.0 Å². The summed E-state index contributed by atoms with van der Waals surface area (Å²) < 4.78 is 0.583. The molecule has 0 unspecified atom stereocenters. The van der Waals surface area contributed by atoms with Crippen molar-refractivity contribution in [2.75, 3.05) is 18.4 Å². The molecule has 0 saturated carbocycles.